The molecule has 2 aromatic rings. The van der Waals surface area contributed by atoms with Gasteiger partial charge in [-0.3, -0.25) is 18.4 Å². The maximum Gasteiger partial charge on any atom is 0.531 e. The fraction of sp³-hybridized carbons (Fsp3) is 0.500. The second-order valence-electron chi connectivity index (χ2n) is 5.50. The molecule has 0 amide bonds. The van der Waals surface area contributed by atoms with E-state index in [-0.39, 0.29) is 25.1 Å². The first-order chi connectivity index (χ1) is 11.3. The number of aryl methyl sites for hydroxylation is 1. The van der Waals surface area contributed by atoms with Gasteiger partial charge in [-0.15, -0.1) is 0 Å². The highest BCUT2D eigenvalue weighted by Gasteiger charge is 2.30. The number of phosphoric ester groups is 1. The summed E-state index contributed by atoms with van der Waals surface area (Å²) in [6, 6.07) is 5.41. The molecular formula is C16H23N2O5P. The Bertz CT molecular complexity index is 821. The number of phosphoric acid groups is 1. The number of rotatable bonds is 7. The Hall–Kier alpha value is -1.69. The van der Waals surface area contributed by atoms with E-state index in [4.69, 9.17) is 13.6 Å². The fourth-order valence-corrected chi connectivity index (χ4v) is 3.62. The zero-order valence-corrected chi connectivity index (χ0v) is 15.5. The summed E-state index contributed by atoms with van der Waals surface area (Å²) in [5.74, 6) is -0.285. The minimum atomic E-state index is -3.88. The molecule has 0 saturated carbocycles. The van der Waals surface area contributed by atoms with Gasteiger partial charge in [0.2, 0.25) is 0 Å². The van der Waals surface area contributed by atoms with Crippen LogP contribution in [0.25, 0.3) is 11.0 Å². The lowest BCUT2D eigenvalue weighted by Crippen LogP contribution is -2.25. The van der Waals surface area contributed by atoms with Crippen molar-refractivity contribution in [3.05, 3.63) is 34.1 Å². The Morgan fingerprint density at radius 3 is 2.38 bits per heavy atom. The van der Waals surface area contributed by atoms with Gasteiger partial charge in [-0.25, -0.2) is 9.55 Å². The van der Waals surface area contributed by atoms with Crippen LogP contribution >= 0.6 is 7.82 Å². The summed E-state index contributed by atoms with van der Waals surface area (Å²) in [6.45, 7) is 9.28. The van der Waals surface area contributed by atoms with Crippen LogP contribution in [0.1, 0.15) is 39.3 Å². The van der Waals surface area contributed by atoms with Crippen LogP contribution in [-0.4, -0.2) is 22.8 Å². The molecule has 2 rings (SSSR count). The van der Waals surface area contributed by atoms with Crippen molar-refractivity contribution >= 4 is 18.9 Å². The van der Waals surface area contributed by atoms with Crippen molar-refractivity contribution in [2.75, 3.05) is 13.2 Å². The van der Waals surface area contributed by atoms with Crippen molar-refractivity contribution in [2.45, 2.75) is 40.7 Å². The lowest BCUT2D eigenvalue weighted by atomic mass is 10.2. The monoisotopic (exact) mass is 354 g/mol. The Labute approximate surface area is 141 Å². The lowest BCUT2D eigenvalue weighted by Gasteiger charge is -2.19. The number of benzene rings is 1. The zero-order chi connectivity index (χ0) is 17.9. The summed E-state index contributed by atoms with van der Waals surface area (Å²) >= 11 is 0. The molecule has 0 spiro atoms. The third kappa shape index (κ3) is 3.69. The Morgan fingerprint density at radius 2 is 1.83 bits per heavy atom. The van der Waals surface area contributed by atoms with Crippen molar-refractivity contribution in [1.82, 2.24) is 9.55 Å². The average molecular weight is 354 g/mol. The van der Waals surface area contributed by atoms with Gasteiger partial charge in [0.25, 0.3) is 5.88 Å². The lowest BCUT2D eigenvalue weighted by molar-refractivity contribution is 0.165. The molecule has 0 bridgehead atoms. The summed E-state index contributed by atoms with van der Waals surface area (Å²) in [7, 11) is -3.88. The smallest absolute Gasteiger partial charge is 0.379 e. The van der Waals surface area contributed by atoms with Gasteiger partial charge in [0.15, 0.2) is 0 Å². The summed E-state index contributed by atoms with van der Waals surface area (Å²) in [5, 5.41) is 0. The van der Waals surface area contributed by atoms with Gasteiger partial charge in [-0.05, 0) is 46.2 Å². The highest BCUT2D eigenvalue weighted by Crippen LogP contribution is 2.48. The number of fused-ring (bicyclic) bond motifs is 1. The Balaban J connectivity index is 2.66. The van der Waals surface area contributed by atoms with E-state index in [2.05, 4.69) is 4.98 Å². The van der Waals surface area contributed by atoms with E-state index in [0.717, 1.165) is 11.1 Å². The van der Waals surface area contributed by atoms with E-state index in [1.807, 2.05) is 32.9 Å². The molecule has 0 fully saturated rings. The van der Waals surface area contributed by atoms with E-state index in [0.29, 0.717) is 5.52 Å². The van der Waals surface area contributed by atoms with E-state index in [1.54, 1.807) is 24.5 Å². The van der Waals surface area contributed by atoms with Gasteiger partial charge >= 0.3 is 13.4 Å². The first-order valence-corrected chi connectivity index (χ1v) is 9.39. The third-order valence-corrected chi connectivity index (χ3v) is 4.92. The molecule has 0 aliphatic rings. The van der Waals surface area contributed by atoms with E-state index in [9.17, 15) is 9.36 Å². The summed E-state index contributed by atoms with van der Waals surface area (Å²) < 4.78 is 29.6. The van der Waals surface area contributed by atoms with Crippen LogP contribution in [0, 0.1) is 6.92 Å². The van der Waals surface area contributed by atoms with Crippen LogP contribution in [0.5, 0.6) is 5.88 Å². The highest BCUT2D eigenvalue weighted by molar-refractivity contribution is 7.48. The summed E-state index contributed by atoms with van der Waals surface area (Å²) in [6.07, 6.45) is 0. The maximum absolute atomic E-state index is 12.8. The number of hydrogen-bond donors (Lipinski definition) is 0. The largest absolute Gasteiger partial charge is 0.531 e. The van der Waals surface area contributed by atoms with Crippen molar-refractivity contribution in [3.8, 4) is 5.88 Å². The van der Waals surface area contributed by atoms with Crippen molar-refractivity contribution < 1.29 is 18.1 Å². The standard InChI is InChI=1S/C16H23N2O5P/c1-6-21-24(20,22-7-2)23-15-16(19)18(11(3)4)14-12(5)9-8-10-13(14)17-15/h8-11H,6-7H2,1-5H3. The Morgan fingerprint density at radius 1 is 1.21 bits per heavy atom. The van der Waals surface area contributed by atoms with Crippen molar-refractivity contribution in [2.24, 2.45) is 0 Å². The first-order valence-electron chi connectivity index (χ1n) is 7.93. The van der Waals surface area contributed by atoms with Gasteiger partial charge in [0, 0.05) is 6.04 Å². The van der Waals surface area contributed by atoms with E-state index in [1.165, 1.54) is 0 Å². The normalized spacial score (nSPS) is 12.1. The molecule has 0 aliphatic carbocycles. The number of para-hydroxylation sites is 1. The average Bonchev–Trinajstić information content (AvgIpc) is 2.49. The van der Waals surface area contributed by atoms with Crippen molar-refractivity contribution in [1.29, 1.82) is 0 Å². The molecule has 1 heterocycles. The van der Waals surface area contributed by atoms with Crippen LogP contribution < -0.4 is 10.1 Å². The quantitative estimate of drug-likeness (QED) is 0.703. The third-order valence-electron chi connectivity index (χ3n) is 3.37. The molecule has 0 unspecified atom stereocenters. The number of hydrogen-bond acceptors (Lipinski definition) is 6. The molecule has 0 radical (unpaired) electrons. The van der Waals surface area contributed by atoms with Crippen LogP contribution in [0.2, 0.25) is 0 Å². The van der Waals surface area contributed by atoms with Crippen molar-refractivity contribution in [3.63, 3.8) is 0 Å². The van der Waals surface area contributed by atoms with Gasteiger partial charge in [0.05, 0.1) is 24.2 Å². The van der Waals surface area contributed by atoms with Crippen LogP contribution in [-0.2, 0) is 13.6 Å². The predicted molar refractivity (Wildman–Crippen MR) is 92.6 cm³/mol. The van der Waals surface area contributed by atoms with Crippen LogP contribution in [0.15, 0.2) is 23.0 Å². The van der Waals surface area contributed by atoms with E-state index >= 15 is 0 Å². The minimum Gasteiger partial charge on any atom is -0.379 e. The SMILES string of the molecule is CCOP(=O)(OCC)Oc1nc2cccc(C)c2n(C(C)C)c1=O. The molecule has 0 aliphatic heterocycles. The second-order valence-corrected chi connectivity index (χ2v) is 7.10. The minimum absolute atomic E-state index is 0.120. The Kier molecular flexibility index (Phi) is 5.80. The number of nitrogens with zero attached hydrogens (tertiary/aromatic N) is 2. The highest BCUT2D eigenvalue weighted by atomic mass is 31.2. The summed E-state index contributed by atoms with van der Waals surface area (Å²) in [4.78, 5) is 17.0. The molecule has 0 saturated heterocycles. The molecule has 0 atom stereocenters. The molecule has 7 nitrogen and oxygen atoms in total. The summed E-state index contributed by atoms with van der Waals surface area (Å²) in [5.41, 5.74) is 1.77. The molecule has 1 aromatic heterocycles. The van der Waals surface area contributed by atoms with Crippen LogP contribution in [0.4, 0.5) is 0 Å². The fourth-order valence-electron chi connectivity index (χ4n) is 2.47. The zero-order valence-electron chi connectivity index (χ0n) is 14.6. The molecular weight excluding hydrogens is 331 g/mol. The maximum atomic E-state index is 12.8. The van der Waals surface area contributed by atoms with E-state index < -0.39 is 13.4 Å². The molecule has 8 heteroatoms. The predicted octanol–water partition coefficient (Wildman–Crippen LogP) is 3.85. The number of aromatic nitrogens is 2. The second kappa shape index (κ2) is 7.47. The van der Waals surface area contributed by atoms with Gasteiger partial charge < -0.3 is 4.52 Å². The first kappa shape index (κ1) is 18.6. The molecule has 1 aromatic carbocycles. The molecule has 0 N–H and O–H groups in total. The van der Waals surface area contributed by atoms with Gasteiger partial charge in [-0.1, -0.05) is 12.1 Å². The van der Waals surface area contributed by atoms with Crippen LogP contribution in [0.3, 0.4) is 0 Å². The molecule has 132 valence electrons. The topological polar surface area (TPSA) is 79.7 Å². The van der Waals surface area contributed by atoms with Gasteiger partial charge in [0.1, 0.15) is 0 Å². The van der Waals surface area contributed by atoms with Gasteiger partial charge in [-0.2, -0.15) is 0 Å². The molecule has 24 heavy (non-hydrogen) atoms.